The van der Waals surface area contributed by atoms with Crippen molar-refractivity contribution in [2.75, 3.05) is 13.2 Å². The molecule has 1 aliphatic rings. The van der Waals surface area contributed by atoms with Gasteiger partial charge in [-0.05, 0) is 25.0 Å². The molecule has 0 saturated carbocycles. The molecule has 6 nitrogen and oxygen atoms in total. The molecule has 102 valence electrons. The molecule has 0 radical (unpaired) electrons. The minimum absolute atomic E-state index is 0.0579. The maximum absolute atomic E-state index is 11.7. The number of rotatable bonds is 4. The largest absolute Gasteiger partial charge is 0.459 e. The van der Waals surface area contributed by atoms with Crippen LogP contribution < -0.4 is 0 Å². The highest BCUT2D eigenvalue weighted by Gasteiger charge is 2.20. The summed E-state index contributed by atoms with van der Waals surface area (Å²) in [7, 11) is 0. The Kier molecular flexibility index (Phi) is 4.34. The third-order valence-corrected chi connectivity index (χ3v) is 3.11. The van der Waals surface area contributed by atoms with Crippen LogP contribution in [0.3, 0.4) is 0 Å². The van der Waals surface area contributed by atoms with E-state index in [2.05, 4.69) is 0 Å². The van der Waals surface area contributed by atoms with E-state index in [1.807, 2.05) is 0 Å². The fraction of sp³-hybridized carbons (Fsp3) is 0.417. The first-order valence-electron chi connectivity index (χ1n) is 5.80. The van der Waals surface area contributed by atoms with Crippen LogP contribution in [0.5, 0.6) is 0 Å². The molecule has 0 bridgehead atoms. The van der Waals surface area contributed by atoms with Crippen LogP contribution in [0.4, 0.5) is 5.69 Å². The summed E-state index contributed by atoms with van der Waals surface area (Å²) in [4.78, 5) is 21.7. The van der Waals surface area contributed by atoms with E-state index in [1.165, 1.54) is 18.2 Å². The summed E-state index contributed by atoms with van der Waals surface area (Å²) in [5.41, 5.74) is -0.0501. The summed E-state index contributed by atoms with van der Waals surface area (Å²) in [6, 6.07) is 3.74. The van der Waals surface area contributed by atoms with Crippen molar-refractivity contribution in [3.63, 3.8) is 0 Å². The Hall–Kier alpha value is -1.66. The summed E-state index contributed by atoms with van der Waals surface area (Å²) in [5.74, 6) is -0.563. The third-order valence-electron chi connectivity index (χ3n) is 2.80. The second-order valence-corrected chi connectivity index (χ2v) is 4.56. The number of hydrogen-bond acceptors (Lipinski definition) is 5. The monoisotopic (exact) mass is 285 g/mol. The van der Waals surface area contributed by atoms with Gasteiger partial charge in [0.15, 0.2) is 0 Å². The van der Waals surface area contributed by atoms with Gasteiger partial charge in [0.2, 0.25) is 0 Å². The molecule has 1 unspecified atom stereocenters. The van der Waals surface area contributed by atoms with Crippen molar-refractivity contribution in [1.82, 2.24) is 0 Å². The van der Waals surface area contributed by atoms with Crippen molar-refractivity contribution in [3.8, 4) is 0 Å². The van der Waals surface area contributed by atoms with Gasteiger partial charge >= 0.3 is 5.97 Å². The molecule has 19 heavy (non-hydrogen) atoms. The maximum Gasteiger partial charge on any atom is 0.338 e. The molecule has 1 aromatic rings. The van der Waals surface area contributed by atoms with E-state index in [-0.39, 0.29) is 29.0 Å². The van der Waals surface area contributed by atoms with Crippen molar-refractivity contribution in [1.29, 1.82) is 0 Å². The van der Waals surface area contributed by atoms with Crippen molar-refractivity contribution in [3.05, 3.63) is 38.9 Å². The zero-order chi connectivity index (χ0) is 13.8. The molecule has 0 amide bonds. The molecule has 1 atom stereocenters. The fourth-order valence-corrected chi connectivity index (χ4v) is 2.06. The normalized spacial score (nSPS) is 18.3. The number of nitrogens with zero attached hydrogens (tertiary/aromatic N) is 1. The van der Waals surface area contributed by atoms with Crippen LogP contribution in [0.25, 0.3) is 0 Å². The summed E-state index contributed by atoms with van der Waals surface area (Å²) in [5, 5.41) is 10.5. The first kappa shape index (κ1) is 13.8. The Morgan fingerprint density at radius 2 is 2.37 bits per heavy atom. The number of carbonyl (C=O) groups is 1. The SMILES string of the molecule is O=C(OCC1CCCO1)c1ccc([N+](=O)[O-])c(Cl)c1. The summed E-state index contributed by atoms with van der Waals surface area (Å²) >= 11 is 5.72. The van der Waals surface area contributed by atoms with Gasteiger partial charge in [-0.25, -0.2) is 4.79 Å². The van der Waals surface area contributed by atoms with Crippen LogP contribution in [0.2, 0.25) is 5.02 Å². The lowest BCUT2D eigenvalue weighted by Crippen LogP contribution is -2.17. The lowest BCUT2D eigenvalue weighted by atomic mass is 10.2. The Morgan fingerprint density at radius 3 is 2.95 bits per heavy atom. The van der Waals surface area contributed by atoms with E-state index in [4.69, 9.17) is 21.1 Å². The van der Waals surface area contributed by atoms with Crippen molar-refractivity contribution in [2.24, 2.45) is 0 Å². The average molecular weight is 286 g/mol. The van der Waals surface area contributed by atoms with Gasteiger partial charge in [-0.3, -0.25) is 10.1 Å². The highest BCUT2D eigenvalue weighted by atomic mass is 35.5. The number of ether oxygens (including phenoxy) is 2. The van der Waals surface area contributed by atoms with E-state index in [9.17, 15) is 14.9 Å². The van der Waals surface area contributed by atoms with Crippen LogP contribution >= 0.6 is 11.6 Å². The second kappa shape index (κ2) is 5.99. The standard InChI is InChI=1S/C12H12ClNO5/c13-10-6-8(3-4-11(10)14(16)17)12(15)19-7-9-2-1-5-18-9/h3-4,6,9H,1-2,5,7H2. The topological polar surface area (TPSA) is 78.7 Å². The number of carbonyl (C=O) groups excluding carboxylic acids is 1. The summed E-state index contributed by atoms with van der Waals surface area (Å²) < 4.78 is 10.4. The van der Waals surface area contributed by atoms with Crippen LogP contribution in [0, 0.1) is 10.1 Å². The minimum Gasteiger partial charge on any atom is -0.459 e. The molecule has 7 heteroatoms. The molecule has 2 rings (SSSR count). The summed E-state index contributed by atoms with van der Waals surface area (Å²) in [6.07, 6.45) is 1.78. The van der Waals surface area contributed by atoms with E-state index in [0.717, 1.165) is 12.8 Å². The van der Waals surface area contributed by atoms with Gasteiger partial charge in [0.25, 0.3) is 5.69 Å². The summed E-state index contributed by atoms with van der Waals surface area (Å²) in [6.45, 7) is 0.874. The van der Waals surface area contributed by atoms with Gasteiger partial charge in [0, 0.05) is 12.7 Å². The van der Waals surface area contributed by atoms with Gasteiger partial charge in [-0.1, -0.05) is 11.6 Å². The Balaban J connectivity index is 1.98. The van der Waals surface area contributed by atoms with Gasteiger partial charge in [0.1, 0.15) is 11.6 Å². The minimum atomic E-state index is -0.607. The quantitative estimate of drug-likeness (QED) is 0.482. The van der Waals surface area contributed by atoms with Gasteiger partial charge in [0.05, 0.1) is 16.6 Å². The lowest BCUT2D eigenvalue weighted by molar-refractivity contribution is -0.384. The molecule has 1 fully saturated rings. The Labute approximate surface area is 114 Å². The van der Waals surface area contributed by atoms with E-state index in [1.54, 1.807) is 0 Å². The molecule has 0 spiro atoms. The predicted octanol–water partition coefficient (Wildman–Crippen LogP) is 2.58. The molecule has 0 aromatic heterocycles. The van der Waals surface area contributed by atoms with E-state index < -0.39 is 10.9 Å². The average Bonchev–Trinajstić information content (AvgIpc) is 2.88. The van der Waals surface area contributed by atoms with Crippen LogP contribution in [-0.2, 0) is 9.47 Å². The highest BCUT2D eigenvalue weighted by Crippen LogP contribution is 2.25. The third kappa shape index (κ3) is 3.42. The van der Waals surface area contributed by atoms with Gasteiger partial charge in [-0.15, -0.1) is 0 Å². The first-order chi connectivity index (χ1) is 9.08. The number of nitro groups is 1. The Bertz CT molecular complexity index is 499. The molecule has 1 heterocycles. The number of hydrogen-bond donors (Lipinski definition) is 0. The highest BCUT2D eigenvalue weighted by molar-refractivity contribution is 6.33. The van der Waals surface area contributed by atoms with E-state index >= 15 is 0 Å². The molecule has 1 saturated heterocycles. The van der Waals surface area contributed by atoms with Crippen LogP contribution in [0.1, 0.15) is 23.2 Å². The zero-order valence-corrected chi connectivity index (χ0v) is 10.8. The van der Waals surface area contributed by atoms with Crippen molar-refractivity contribution in [2.45, 2.75) is 18.9 Å². The second-order valence-electron chi connectivity index (χ2n) is 4.16. The molecule has 0 aliphatic carbocycles. The molecule has 0 N–H and O–H groups in total. The van der Waals surface area contributed by atoms with E-state index in [0.29, 0.717) is 6.61 Å². The van der Waals surface area contributed by atoms with Crippen molar-refractivity contribution >= 4 is 23.3 Å². The Morgan fingerprint density at radius 1 is 1.58 bits per heavy atom. The maximum atomic E-state index is 11.7. The van der Waals surface area contributed by atoms with Gasteiger partial charge < -0.3 is 9.47 Å². The molecular formula is C12H12ClNO5. The molecule has 1 aliphatic heterocycles. The number of benzene rings is 1. The molecular weight excluding hydrogens is 274 g/mol. The lowest BCUT2D eigenvalue weighted by Gasteiger charge is -2.10. The smallest absolute Gasteiger partial charge is 0.338 e. The van der Waals surface area contributed by atoms with Crippen LogP contribution in [-0.4, -0.2) is 30.2 Å². The fourth-order valence-electron chi connectivity index (χ4n) is 1.81. The van der Waals surface area contributed by atoms with Crippen LogP contribution in [0.15, 0.2) is 18.2 Å². The zero-order valence-electron chi connectivity index (χ0n) is 10.0. The number of esters is 1. The number of halogens is 1. The van der Waals surface area contributed by atoms with Crippen molar-refractivity contribution < 1.29 is 19.2 Å². The predicted molar refractivity (Wildman–Crippen MR) is 67.4 cm³/mol. The first-order valence-corrected chi connectivity index (χ1v) is 6.18. The molecule has 1 aromatic carbocycles. The number of nitro benzene ring substituents is 1. The van der Waals surface area contributed by atoms with Gasteiger partial charge in [-0.2, -0.15) is 0 Å².